The molecule has 4 rings (SSSR count). The minimum atomic E-state index is -3.86. The van der Waals surface area contributed by atoms with Crippen LogP contribution < -0.4 is 37.0 Å². The highest BCUT2D eigenvalue weighted by Gasteiger charge is 2.29. The van der Waals surface area contributed by atoms with Crippen molar-refractivity contribution >= 4 is 39.1 Å². The van der Waals surface area contributed by atoms with Crippen molar-refractivity contribution in [2.45, 2.75) is 11.4 Å². The number of para-hydroxylation sites is 2. The second-order valence-corrected chi connectivity index (χ2v) is 9.00. The molecule has 0 spiro atoms. The van der Waals surface area contributed by atoms with E-state index in [1.165, 1.54) is 6.07 Å². The van der Waals surface area contributed by atoms with Gasteiger partial charge in [0.1, 0.15) is 16.3 Å². The maximum atomic E-state index is 12.8. The predicted molar refractivity (Wildman–Crippen MR) is 126 cm³/mol. The first kappa shape index (κ1) is 22.4. The number of guanidine groups is 1. The van der Waals surface area contributed by atoms with Crippen molar-refractivity contribution in [2.24, 2.45) is 16.6 Å². The molecule has 10 nitrogen and oxygen atoms in total. The van der Waals surface area contributed by atoms with E-state index in [0.717, 1.165) is 5.56 Å². The largest absolute Gasteiger partial charge is 0.454 e. The van der Waals surface area contributed by atoms with Crippen LogP contribution >= 0.6 is 11.6 Å². The molecule has 1 heterocycles. The van der Waals surface area contributed by atoms with Crippen molar-refractivity contribution < 1.29 is 18.3 Å². The maximum absolute atomic E-state index is 12.8. The summed E-state index contributed by atoms with van der Waals surface area (Å²) in [5, 5.41) is 6.02. The molecule has 0 aliphatic carbocycles. The molecule has 0 amide bonds. The topological polar surface area (TPSA) is 158 Å². The van der Waals surface area contributed by atoms with Crippen LogP contribution in [0.3, 0.4) is 0 Å². The second kappa shape index (κ2) is 9.36. The molecule has 0 fully saturated rings. The zero-order valence-electron chi connectivity index (χ0n) is 17.2. The van der Waals surface area contributed by atoms with Gasteiger partial charge in [0.15, 0.2) is 5.75 Å². The number of anilines is 1. The van der Waals surface area contributed by atoms with Gasteiger partial charge in [-0.15, -0.1) is 0 Å². The van der Waals surface area contributed by atoms with Crippen molar-refractivity contribution in [3.63, 3.8) is 0 Å². The molecule has 1 aliphatic heterocycles. The fourth-order valence-corrected chi connectivity index (χ4v) is 4.48. The Morgan fingerprint density at radius 2 is 1.85 bits per heavy atom. The number of hydrogen-bond acceptors (Lipinski definition) is 6. The summed E-state index contributed by atoms with van der Waals surface area (Å²) in [5.74, 6) is 6.30. The van der Waals surface area contributed by atoms with E-state index < -0.39 is 10.0 Å². The number of benzene rings is 3. The predicted octanol–water partition coefficient (Wildman–Crippen LogP) is 0.557. The monoisotopic (exact) mass is 486 g/mol. The lowest BCUT2D eigenvalue weighted by Crippen LogP contribution is -2.87. The van der Waals surface area contributed by atoms with E-state index >= 15 is 0 Å². The van der Waals surface area contributed by atoms with Gasteiger partial charge < -0.3 is 10.1 Å². The third kappa shape index (κ3) is 5.00. The Bertz CT molecular complexity index is 1360. The Morgan fingerprint density at radius 1 is 1.09 bits per heavy atom. The van der Waals surface area contributed by atoms with Crippen molar-refractivity contribution in [3.05, 3.63) is 82.9 Å². The van der Waals surface area contributed by atoms with Crippen LogP contribution in [0.4, 0.5) is 5.69 Å². The molecule has 0 bridgehead atoms. The number of hydrazone groups is 1. The van der Waals surface area contributed by atoms with Crippen LogP contribution in [0.2, 0.25) is 5.02 Å². The third-order valence-corrected chi connectivity index (χ3v) is 6.37. The number of nitrogens with zero attached hydrogens (tertiary/aromatic N) is 1. The van der Waals surface area contributed by atoms with Crippen LogP contribution in [0.15, 0.2) is 76.6 Å². The van der Waals surface area contributed by atoms with Gasteiger partial charge in [-0.3, -0.25) is 5.73 Å². The van der Waals surface area contributed by atoms with Crippen LogP contribution in [-0.4, -0.2) is 20.2 Å². The summed E-state index contributed by atoms with van der Waals surface area (Å²) in [6, 6.07) is 18.9. The fourth-order valence-electron chi connectivity index (χ4n) is 3.14. The Balaban J connectivity index is 1.63. The van der Waals surface area contributed by atoms with Gasteiger partial charge in [0.05, 0.1) is 17.1 Å². The Hall–Kier alpha value is -3.80. The van der Waals surface area contributed by atoms with Gasteiger partial charge in [-0.2, -0.15) is 10.6 Å². The highest BCUT2D eigenvalue weighted by atomic mass is 35.5. The third-order valence-electron chi connectivity index (χ3n) is 4.67. The van der Waals surface area contributed by atoms with Crippen LogP contribution in [-0.2, 0) is 16.6 Å². The summed E-state index contributed by atoms with van der Waals surface area (Å²) >= 11 is 6.19. The zero-order valence-corrected chi connectivity index (χ0v) is 18.7. The number of ether oxygens (including phenoxy) is 1. The molecule has 12 heteroatoms. The van der Waals surface area contributed by atoms with E-state index in [-0.39, 0.29) is 23.1 Å². The standard InChI is InChI=1S/C21H20ClN7O3S/c22-15-7-1-2-8-16(15)32-17-9-4-10-18-19(17)26-21(28-33(18,30)31)25-12-13-5-3-6-14(11-13)20(23)27-29-24/h1-11,29H,12,24H2,(H2,23,27)(H2,25,26,28)/p+1. The van der Waals surface area contributed by atoms with E-state index in [1.807, 2.05) is 6.07 Å². The number of halogens is 1. The first-order valence-electron chi connectivity index (χ1n) is 9.70. The minimum Gasteiger partial charge on any atom is -0.454 e. The molecule has 170 valence electrons. The molecule has 33 heavy (non-hydrogen) atoms. The number of hydrogen-bond donors (Lipinski definition) is 6. The molecule has 8 N–H and O–H groups in total. The molecule has 0 saturated heterocycles. The number of nitrogens with one attached hydrogen (secondary N) is 4. The van der Waals surface area contributed by atoms with Gasteiger partial charge in [-0.1, -0.05) is 41.9 Å². The highest BCUT2D eigenvalue weighted by Crippen LogP contribution is 2.38. The summed E-state index contributed by atoms with van der Waals surface area (Å²) in [5.41, 5.74) is 9.92. The van der Waals surface area contributed by atoms with Gasteiger partial charge in [0.25, 0.3) is 15.9 Å². The van der Waals surface area contributed by atoms with Crippen LogP contribution in [0.5, 0.6) is 11.5 Å². The number of nitrogen functional groups attached to an aromatic ring is 1. The minimum absolute atomic E-state index is 0.0377. The second-order valence-electron chi connectivity index (χ2n) is 6.94. The smallest absolute Gasteiger partial charge is 0.297 e. The molecule has 0 saturated carbocycles. The Kier molecular flexibility index (Phi) is 6.36. The van der Waals surface area contributed by atoms with Gasteiger partial charge in [-0.25, -0.2) is 24.0 Å². The van der Waals surface area contributed by atoms with Crippen molar-refractivity contribution in [2.75, 3.05) is 5.32 Å². The van der Waals surface area contributed by atoms with Crippen molar-refractivity contribution in [1.82, 2.24) is 10.3 Å². The number of rotatable bonds is 6. The van der Waals surface area contributed by atoms with Gasteiger partial charge >= 0.3 is 0 Å². The Labute approximate surface area is 195 Å². The summed E-state index contributed by atoms with van der Waals surface area (Å²) < 4.78 is 34.0. The molecule has 3 aromatic rings. The first-order chi connectivity index (χ1) is 15.9. The van der Waals surface area contributed by atoms with Gasteiger partial charge in [-0.05, 0) is 42.0 Å². The van der Waals surface area contributed by atoms with E-state index in [0.29, 0.717) is 27.9 Å². The van der Waals surface area contributed by atoms with E-state index in [4.69, 9.17) is 27.9 Å². The lowest BCUT2D eigenvalue weighted by atomic mass is 10.1. The Morgan fingerprint density at radius 3 is 2.64 bits per heavy atom. The average Bonchev–Trinajstić information content (AvgIpc) is 2.80. The summed E-state index contributed by atoms with van der Waals surface area (Å²) in [6.07, 6.45) is 0. The number of nitrogens with two attached hydrogens (primary N) is 2. The molecular weight excluding hydrogens is 466 g/mol. The average molecular weight is 487 g/mol. The maximum Gasteiger partial charge on any atom is 0.297 e. The fraction of sp³-hybridized carbons (Fsp3) is 0.0476. The molecule has 0 radical (unpaired) electrons. The summed E-state index contributed by atoms with van der Waals surface area (Å²) in [6.45, 7) is 0.185. The van der Waals surface area contributed by atoms with Crippen LogP contribution in [0.25, 0.3) is 0 Å². The SMILES string of the molecule is NN/[NH+]=C(\N)c1cccc(CN=C2Nc3c(Oc4ccccc4Cl)cccc3S(=O)(=O)N2)c1. The summed E-state index contributed by atoms with van der Waals surface area (Å²) in [4.78, 5) is 4.42. The van der Waals surface area contributed by atoms with E-state index in [2.05, 4.69) is 25.7 Å². The van der Waals surface area contributed by atoms with Crippen molar-refractivity contribution in [3.8, 4) is 11.5 Å². The van der Waals surface area contributed by atoms with Gasteiger partial charge in [0.2, 0.25) is 5.96 Å². The first-order valence-corrected chi connectivity index (χ1v) is 11.6. The molecule has 1 aliphatic rings. The zero-order chi connectivity index (χ0) is 23.4. The number of sulfonamides is 1. The molecule has 3 aromatic carbocycles. The number of aliphatic imine (C=N–C) groups is 1. The van der Waals surface area contributed by atoms with E-state index in [1.54, 1.807) is 54.6 Å². The normalized spacial score (nSPS) is 15.8. The van der Waals surface area contributed by atoms with E-state index in [9.17, 15) is 8.42 Å². The quantitative estimate of drug-likeness (QED) is 0.128. The molecule has 0 unspecified atom stereocenters. The van der Waals surface area contributed by atoms with Crippen LogP contribution in [0, 0.1) is 0 Å². The highest BCUT2D eigenvalue weighted by molar-refractivity contribution is 7.90. The van der Waals surface area contributed by atoms with Crippen molar-refractivity contribution in [1.29, 1.82) is 0 Å². The molecule has 0 atom stereocenters. The lowest BCUT2D eigenvalue weighted by Gasteiger charge is -2.23. The van der Waals surface area contributed by atoms with Crippen LogP contribution in [0.1, 0.15) is 11.1 Å². The lowest BCUT2D eigenvalue weighted by molar-refractivity contribution is -0.528. The number of hydrazine groups is 2. The number of fused-ring (bicyclic) bond motifs is 1. The molecular formula is C21H21ClN7O3S+. The summed E-state index contributed by atoms with van der Waals surface area (Å²) in [7, 11) is -3.86. The number of amidine groups is 1. The molecule has 0 aromatic heterocycles. The van der Waals surface area contributed by atoms with Gasteiger partial charge in [0, 0.05) is 0 Å².